The second-order valence-corrected chi connectivity index (χ2v) is 9.30. The van der Waals surface area contributed by atoms with Crippen molar-refractivity contribution in [2.45, 2.75) is 25.0 Å². The SMILES string of the molecule is Cc1nc2ccc(C(=O)N3CCC(S(C)(=O)=O)CC3)cc2s1. The van der Waals surface area contributed by atoms with E-state index in [2.05, 4.69) is 4.98 Å². The summed E-state index contributed by atoms with van der Waals surface area (Å²) in [6.45, 7) is 2.94. The van der Waals surface area contributed by atoms with Crippen molar-refractivity contribution < 1.29 is 13.2 Å². The molecular weight excluding hydrogens is 320 g/mol. The maximum atomic E-state index is 12.6. The number of sulfone groups is 1. The van der Waals surface area contributed by atoms with Gasteiger partial charge in [0.1, 0.15) is 9.84 Å². The highest BCUT2D eigenvalue weighted by atomic mass is 32.2. The summed E-state index contributed by atoms with van der Waals surface area (Å²) in [6.07, 6.45) is 2.31. The minimum Gasteiger partial charge on any atom is -0.339 e. The van der Waals surface area contributed by atoms with E-state index >= 15 is 0 Å². The average molecular weight is 338 g/mol. The molecule has 5 nitrogen and oxygen atoms in total. The van der Waals surface area contributed by atoms with Crippen LogP contribution in [0.25, 0.3) is 10.2 Å². The standard InChI is InChI=1S/C15H18N2O3S2/c1-10-16-13-4-3-11(9-14(13)21-10)15(18)17-7-5-12(6-8-17)22(2,19)20/h3-4,9,12H,5-8H2,1-2H3. The Labute approximate surface area is 133 Å². The molecule has 0 atom stereocenters. The van der Waals surface area contributed by atoms with Gasteiger partial charge < -0.3 is 4.90 Å². The lowest BCUT2D eigenvalue weighted by molar-refractivity contribution is 0.0726. The lowest BCUT2D eigenvalue weighted by atomic mass is 10.1. The quantitative estimate of drug-likeness (QED) is 0.842. The summed E-state index contributed by atoms with van der Waals surface area (Å²) >= 11 is 1.57. The molecule has 22 heavy (non-hydrogen) atoms. The number of hydrogen-bond acceptors (Lipinski definition) is 5. The highest BCUT2D eigenvalue weighted by molar-refractivity contribution is 7.91. The molecule has 1 aromatic carbocycles. The third kappa shape index (κ3) is 3.01. The Kier molecular flexibility index (Phi) is 3.94. The largest absolute Gasteiger partial charge is 0.339 e. The summed E-state index contributed by atoms with van der Waals surface area (Å²) in [5, 5.41) is 0.664. The van der Waals surface area contributed by atoms with Gasteiger partial charge in [-0.3, -0.25) is 4.79 Å². The van der Waals surface area contributed by atoms with E-state index in [0.29, 0.717) is 31.5 Å². The molecule has 2 aromatic rings. The molecule has 0 unspecified atom stereocenters. The van der Waals surface area contributed by atoms with Gasteiger partial charge in [0.15, 0.2) is 0 Å². The first-order valence-corrected chi connectivity index (χ1v) is 9.97. The van der Waals surface area contributed by atoms with Crippen molar-refractivity contribution in [2.24, 2.45) is 0 Å². The van der Waals surface area contributed by atoms with Crippen LogP contribution in [0.15, 0.2) is 18.2 Å². The number of aryl methyl sites for hydroxylation is 1. The first-order chi connectivity index (χ1) is 10.3. The maximum absolute atomic E-state index is 12.6. The molecule has 0 spiro atoms. The van der Waals surface area contributed by atoms with Gasteiger partial charge in [0.2, 0.25) is 0 Å². The van der Waals surface area contributed by atoms with Crippen LogP contribution in [0.1, 0.15) is 28.2 Å². The number of likely N-dealkylation sites (tertiary alicyclic amines) is 1. The number of rotatable bonds is 2. The number of hydrogen-bond donors (Lipinski definition) is 0. The van der Waals surface area contributed by atoms with Crippen molar-refractivity contribution >= 4 is 37.3 Å². The van der Waals surface area contributed by atoms with Gasteiger partial charge in [0.25, 0.3) is 5.91 Å². The van der Waals surface area contributed by atoms with Crippen LogP contribution >= 0.6 is 11.3 Å². The molecule has 1 aliphatic heterocycles. The van der Waals surface area contributed by atoms with Crippen LogP contribution in [-0.4, -0.2) is 48.8 Å². The molecule has 1 aromatic heterocycles. The second kappa shape index (κ2) is 5.62. The number of carbonyl (C=O) groups is 1. The summed E-state index contributed by atoms with van der Waals surface area (Å²) in [5.41, 5.74) is 1.56. The van der Waals surface area contributed by atoms with E-state index in [-0.39, 0.29) is 11.2 Å². The first-order valence-electron chi connectivity index (χ1n) is 7.20. The highest BCUT2D eigenvalue weighted by Gasteiger charge is 2.29. The molecule has 1 fully saturated rings. The van der Waals surface area contributed by atoms with E-state index in [1.807, 2.05) is 19.1 Å². The molecule has 0 bridgehead atoms. The lowest BCUT2D eigenvalue weighted by Gasteiger charge is -2.31. The van der Waals surface area contributed by atoms with Crippen LogP contribution in [0.2, 0.25) is 0 Å². The van der Waals surface area contributed by atoms with Crippen molar-refractivity contribution in [3.63, 3.8) is 0 Å². The summed E-state index contributed by atoms with van der Waals surface area (Å²) in [4.78, 5) is 18.7. The molecule has 1 aliphatic rings. The number of piperidine rings is 1. The van der Waals surface area contributed by atoms with Crippen molar-refractivity contribution in [3.05, 3.63) is 28.8 Å². The minimum absolute atomic E-state index is 0.0279. The zero-order chi connectivity index (χ0) is 15.9. The fraction of sp³-hybridized carbons (Fsp3) is 0.467. The first kappa shape index (κ1) is 15.4. The van der Waals surface area contributed by atoms with E-state index in [0.717, 1.165) is 15.2 Å². The number of thiazole rings is 1. The molecule has 118 valence electrons. The van der Waals surface area contributed by atoms with E-state index < -0.39 is 9.84 Å². The van der Waals surface area contributed by atoms with Gasteiger partial charge in [0.05, 0.1) is 20.5 Å². The molecule has 0 radical (unpaired) electrons. The van der Waals surface area contributed by atoms with Crippen LogP contribution in [0, 0.1) is 6.92 Å². The highest BCUT2D eigenvalue weighted by Crippen LogP contribution is 2.24. The van der Waals surface area contributed by atoms with Crippen LogP contribution in [-0.2, 0) is 9.84 Å². The van der Waals surface area contributed by atoms with Crippen molar-refractivity contribution in [3.8, 4) is 0 Å². The Balaban J connectivity index is 1.76. The monoisotopic (exact) mass is 338 g/mol. The number of nitrogens with zero attached hydrogens (tertiary/aromatic N) is 2. The van der Waals surface area contributed by atoms with Crippen LogP contribution in [0.4, 0.5) is 0 Å². The van der Waals surface area contributed by atoms with Crippen LogP contribution in [0.5, 0.6) is 0 Å². The van der Waals surface area contributed by atoms with E-state index in [1.165, 1.54) is 6.26 Å². The van der Waals surface area contributed by atoms with E-state index in [1.54, 1.807) is 22.3 Å². The molecule has 0 saturated carbocycles. The fourth-order valence-corrected chi connectivity index (χ4v) is 4.78. The molecule has 0 aliphatic carbocycles. The average Bonchev–Trinajstić information content (AvgIpc) is 2.84. The third-order valence-electron chi connectivity index (χ3n) is 4.08. The van der Waals surface area contributed by atoms with E-state index in [9.17, 15) is 13.2 Å². The van der Waals surface area contributed by atoms with Gasteiger partial charge in [-0.25, -0.2) is 13.4 Å². The van der Waals surface area contributed by atoms with Gasteiger partial charge in [-0.15, -0.1) is 11.3 Å². The van der Waals surface area contributed by atoms with E-state index in [4.69, 9.17) is 0 Å². The Morgan fingerprint density at radius 1 is 1.32 bits per heavy atom. The van der Waals surface area contributed by atoms with Crippen molar-refractivity contribution in [1.82, 2.24) is 9.88 Å². The second-order valence-electron chi connectivity index (χ2n) is 5.74. The normalized spacial score (nSPS) is 17.1. The predicted octanol–water partition coefficient (Wildman–Crippen LogP) is 2.25. The Morgan fingerprint density at radius 2 is 2.00 bits per heavy atom. The van der Waals surface area contributed by atoms with Gasteiger partial charge in [0, 0.05) is 24.9 Å². The minimum atomic E-state index is -3.01. The maximum Gasteiger partial charge on any atom is 0.253 e. The topological polar surface area (TPSA) is 67.3 Å². The van der Waals surface area contributed by atoms with Crippen molar-refractivity contribution in [1.29, 1.82) is 0 Å². The Morgan fingerprint density at radius 3 is 2.64 bits per heavy atom. The number of amides is 1. The van der Waals surface area contributed by atoms with Crippen LogP contribution < -0.4 is 0 Å². The zero-order valence-corrected chi connectivity index (χ0v) is 14.2. The Bertz CT molecular complexity index is 818. The summed E-state index contributed by atoms with van der Waals surface area (Å²) < 4.78 is 24.2. The summed E-state index contributed by atoms with van der Waals surface area (Å²) in [5.74, 6) is -0.0279. The van der Waals surface area contributed by atoms with Crippen molar-refractivity contribution in [2.75, 3.05) is 19.3 Å². The van der Waals surface area contributed by atoms with Gasteiger partial charge in [-0.1, -0.05) is 0 Å². The molecule has 1 amide bonds. The number of fused-ring (bicyclic) bond motifs is 1. The third-order valence-corrected chi connectivity index (χ3v) is 6.69. The molecule has 1 saturated heterocycles. The Hall–Kier alpha value is -1.47. The van der Waals surface area contributed by atoms with Gasteiger partial charge >= 0.3 is 0 Å². The smallest absolute Gasteiger partial charge is 0.253 e. The molecule has 0 N–H and O–H groups in total. The number of benzene rings is 1. The molecule has 2 heterocycles. The summed E-state index contributed by atoms with van der Waals surface area (Å²) in [6, 6.07) is 5.55. The zero-order valence-electron chi connectivity index (χ0n) is 12.6. The number of aromatic nitrogens is 1. The molecule has 3 rings (SSSR count). The summed E-state index contributed by atoms with van der Waals surface area (Å²) in [7, 11) is -3.01. The fourth-order valence-electron chi connectivity index (χ4n) is 2.84. The molecular formula is C15H18N2O3S2. The van der Waals surface area contributed by atoms with Gasteiger partial charge in [-0.05, 0) is 38.0 Å². The van der Waals surface area contributed by atoms with Crippen LogP contribution in [0.3, 0.4) is 0 Å². The number of carbonyl (C=O) groups excluding carboxylic acids is 1. The predicted molar refractivity (Wildman–Crippen MR) is 88.1 cm³/mol. The molecule has 7 heteroatoms. The van der Waals surface area contributed by atoms with Gasteiger partial charge in [-0.2, -0.15) is 0 Å². The lowest BCUT2D eigenvalue weighted by Crippen LogP contribution is -2.42.